The molecule has 0 radical (unpaired) electrons. The Bertz CT molecular complexity index is 1130. The first kappa shape index (κ1) is 22.8. The molecule has 3 aromatic rings. The molecule has 8 nitrogen and oxygen atoms in total. The number of nitrogens with zero attached hydrogens (tertiary/aromatic N) is 5. The van der Waals surface area contributed by atoms with Crippen molar-refractivity contribution in [1.82, 2.24) is 19.7 Å². The molecular weight excluding hydrogens is 428 g/mol. The molecule has 0 spiro atoms. The highest BCUT2D eigenvalue weighted by molar-refractivity contribution is 5.87. The Morgan fingerprint density at radius 2 is 1.85 bits per heavy atom. The second-order valence-electron chi connectivity index (χ2n) is 9.59. The van der Waals surface area contributed by atoms with Crippen LogP contribution in [0.15, 0.2) is 36.8 Å². The molecule has 3 heterocycles. The van der Waals surface area contributed by atoms with Crippen LogP contribution in [-0.2, 0) is 11.3 Å². The van der Waals surface area contributed by atoms with E-state index in [4.69, 9.17) is 10.5 Å². The Kier molecular flexibility index (Phi) is 6.76. The molecule has 0 bridgehead atoms. The van der Waals surface area contributed by atoms with E-state index < -0.39 is 0 Å². The molecule has 2 N–H and O–H groups in total. The Balaban J connectivity index is 1.27. The van der Waals surface area contributed by atoms with E-state index in [2.05, 4.69) is 26.0 Å². The van der Waals surface area contributed by atoms with Crippen molar-refractivity contribution in [2.75, 3.05) is 24.6 Å². The first-order valence-electron chi connectivity index (χ1n) is 12.5. The van der Waals surface area contributed by atoms with Crippen molar-refractivity contribution in [2.24, 2.45) is 17.6 Å². The number of hydrogen-bond acceptors (Lipinski definition) is 7. The Hall–Kier alpha value is -3.00. The summed E-state index contributed by atoms with van der Waals surface area (Å²) in [5.74, 6) is 2.60. The van der Waals surface area contributed by atoms with Gasteiger partial charge in [-0.3, -0.25) is 4.79 Å². The predicted molar refractivity (Wildman–Crippen MR) is 132 cm³/mol. The zero-order valence-electron chi connectivity index (χ0n) is 19.9. The van der Waals surface area contributed by atoms with E-state index in [9.17, 15) is 4.79 Å². The Morgan fingerprint density at radius 3 is 2.62 bits per heavy atom. The standard InChI is InChI=1S/C26H34N6O2/c1-2-34-22-5-3-4-18(14-22)16-32-26-23(15-30-32)25(28-17-29-26)31-12-10-20(11-13-31)24(33)19-6-8-21(27)9-7-19/h3-5,14-15,17,19-21H,2,6-13,16,27H2,1H3/t19-,21-. The van der Waals surface area contributed by atoms with Crippen LogP contribution in [0.4, 0.5) is 5.82 Å². The fourth-order valence-corrected chi connectivity index (χ4v) is 5.43. The van der Waals surface area contributed by atoms with E-state index >= 15 is 0 Å². The van der Waals surface area contributed by atoms with E-state index in [1.165, 1.54) is 0 Å². The van der Waals surface area contributed by atoms with E-state index in [0.717, 1.165) is 79.8 Å². The van der Waals surface area contributed by atoms with Gasteiger partial charge in [0.1, 0.15) is 23.7 Å². The maximum atomic E-state index is 13.1. The molecule has 0 amide bonds. The predicted octanol–water partition coefficient (Wildman–Crippen LogP) is 3.58. The second-order valence-corrected chi connectivity index (χ2v) is 9.59. The molecule has 1 saturated heterocycles. The number of nitrogens with two attached hydrogens (primary N) is 1. The fourth-order valence-electron chi connectivity index (χ4n) is 5.43. The van der Waals surface area contributed by atoms with Gasteiger partial charge in [-0.15, -0.1) is 0 Å². The zero-order chi connectivity index (χ0) is 23.5. The van der Waals surface area contributed by atoms with E-state index in [1.54, 1.807) is 6.33 Å². The highest BCUT2D eigenvalue weighted by atomic mass is 16.5. The lowest BCUT2D eigenvalue weighted by molar-refractivity contribution is -0.128. The SMILES string of the molecule is CCOc1cccc(Cn2ncc3c(N4CCC(C(=O)[C@H]5CC[C@H](N)CC5)CC4)ncnc32)c1. The van der Waals surface area contributed by atoms with Gasteiger partial charge in [0.25, 0.3) is 0 Å². The van der Waals surface area contributed by atoms with Gasteiger partial charge in [0.15, 0.2) is 5.65 Å². The van der Waals surface area contributed by atoms with Crippen LogP contribution in [0.2, 0.25) is 0 Å². The van der Waals surface area contributed by atoms with Crippen molar-refractivity contribution < 1.29 is 9.53 Å². The number of hydrogen-bond donors (Lipinski definition) is 1. The van der Waals surface area contributed by atoms with Gasteiger partial charge in [-0.2, -0.15) is 5.10 Å². The smallest absolute Gasteiger partial charge is 0.163 e. The van der Waals surface area contributed by atoms with Crippen molar-refractivity contribution in [3.63, 3.8) is 0 Å². The number of rotatable bonds is 7. The Labute approximate surface area is 200 Å². The number of ether oxygens (including phenoxy) is 1. The number of aromatic nitrogens is 4. The molecule has 0 atom stereocenters. The molecule has 34 heavy (non-hydrogen) atoms. The van der Waals surface area contributed by atoms with Crippen molar-refractivity contribution >= 4 is 22.6 Å². The third-order valence-corrected chi connectivity index (χ3v) is 7.33. The number of carbonyl (C=O) groups is 1. The molecule has 2 aromatic heterocycles. The lowest BCUT2D eigenvalue weighted by Gasteiger charge is -2.35. The molecule has 180 valence electrons. The van der Waals surface area contributed by atoms with Crippen molar-refractivity contribution in [2.45, 2.75) is 58.0 Å². The first-order valence-corrected chi connectivity index (χ1v) is 12.5. The minimum atomic E-state index is 0.160. The topological polar surface area (TPSA) is 99.2 Å². The second kappa shape index (κ2) is 10.1. The molecule has 1 aromatic carbocycles. The summed E-state index contributed by atoms with van der Waals surface area (Å²) < 4.78 is 7.54. The fraction of sp³-hybridized carbons (Fsp3) is 0.538. The molecule has 1 aliphatic heterocycles. The molecule has 1 aliphatic carbocycles. The van der Waals surface area contributed by atoms with Gasteiger partial charge in [-0.05, 0) is 63.1 Å². The minimum absolute atomic E-state index is 0.160. The van der Waals surface area contributed by atoms with Gasteiger partial charge < -0.3 is 15.4 Å². The highest BCUT2D eigenvalue weighted by Crippen LogP contribution is 2.32. The number of benzene rings is 1. The number of piperidine rings is 1. The summed E-state index contributed by atoms with van der Waals surface area (Å²) in [6.45, 7) is 4.90. The molecule has 8 heteroatoms. The molecule has 2 aliphatic rings. The lowest BCUT2D eigenvalue weighted by atomic mass is 9.77. The van der Waals surface area contributed by atoms with Gasteiger partial charge in [-0.1, -0.05) is 12.1 Å². The maximum Gasteiger partial charge on any atom is 0.163 e. The zero-order valence-corrected chi connectivity index (χ0v) is 19.9. The van der Waals surface area contributed by atoms with E-state index in [-0.39, 0.29) is 17.9 Å². The van der Waals surface area contributed by atoms with Crippen LogP contribution in [0.25, 0.3) is 11.0 Å². The summed E-state index contributed by atoms with van der Waals surface area (Å²) in [6.07, 6.45) is 9.12. The lowest BCUT2D eigenvalue weighted by Crippen LogP contribution is -2.40. The van der Waals surface area contributed by atoms with Crippen molar-refractivity contribution in [1.29, 1.82) is 0 Å². The average molecular weight is 463 g/mol. The summed E-state index contributed by atoms with van der Waals surface area (Å²) in [6, 6.07) is 8.35. The van der Waals surface area contributed by atoms with Gasteiger partial charge >= 0.3 is 0 Å². The van der Waals surface area contributed by atoms with Crippen LogP contribution in [-0.4, -0.2) is 51.3 Å². The summed E-state index contributed by atoms with van der Waals surface area (Å²) in [4.78, 5) is 24.5. The third-order valence-electron chi connectivity index (χ3n) is 7.33. The van der Waals surface area contributed by atoms with Gasteiger partial charge in [-0.25, -0.2) is 14.6 Å². The van der Waals surface area contributed by atoms with Crippen LogP contribution in [0.1, 0.15) is 51.0 Å². The number of Topliss-reactive ketones (excluding diaryl/α,β-unsaturated/α-hetero) is 1. The molecule has 0 unspecified atom stereocenters. The monoisotopic (exact) mass is 462 g/mol. The highest BCUT2D eigenvalue weighted by Gasteiger charge is 2.33. The van der Waals surface area contributed by atoms with Crippen LogP contribution < -0.4 is 15.4 Å². The van der Waals surface area contributed by atoms with Crippen LogP contribution in [0, 0.1) is 11.8 Å². The summed E-state index contributed by atoms with van der Waals surface area (Å²) in [5.41, 5.74) is 7.96. The van der Waals surface area contributed by atoms with E-state index in [0.29, 0.717) is 18.9 Å². The molecule has 5 rings (SSSR count). The first-order chi connectivity index (χ1) is 16.6. The van der Waals surface area contributed by atoms with E-state index in [1.807, 2.05) is 36.0 Å². The van der Waals surface area contributed by atoms with Crippen molar-refractivity contribution in [3.8, 4) is 5.75 Å². The summed E-state index contributed by atoms with van der Waals surface area (Å²) >= 11 is 0. The molecular formula is C26H34N6O2. The largest absolute Gasteiger partial charge is 0.494 e. The van der Waals surface area contributed by atoms with Gasteiger partial charge in [0.2, 0.25) is 0 Å². The van der Waals surface area contributed by atoms with Crippen LogP contribution >= 0.6 is 0 Å². The molecule has 2 fully saturated rings. The Morgan fingerprint density at radius 1 is 1.09 bits per heavy atom. The quantitative estimate of drug-likeness (QED) is 0.573. The average Bonchev–Trinajstić information content (AvgIpc) is 3.27. The van der Waals surface area contributed by atoms with Crippen LogP contribution in [0.3, 0.4) is 0 Å². The summed E-state index contributed by atoms with van der Waals surface area (Å²) in [7, 11) is 0. The number of carbonyl (C=O) groups excluding carboxylic acids is 1. The van der Waals surface area contributed by atoms with Gasteiger partial charge in [0, 0.05) is 31.0 Å². The normalized spacial score (nSPS) is 21.6. The minimum Gasteiger partial charge on any atom is -0.494 e. The number of fused-ring (bicyclic) bond motifs is 1. The third kappa shape index (κ3) is 4.78. The van der Waals surface area contributed by atoms with Gasteiger partial charge in [0.05, 0.1) is 24.7 Å². The molecule has 1 saturated carbocycles. The maximum absolute atomic E-state index is 13.1. The number of anilines is 1. The number of ketones is 1. The van der Waals surface area contributed by atoms with Crippen LogP contribution in [0.5, 0.6) is 5.75 Å². The van der Waals surface area contributed by atoms with Crippen molar-refractivity contribution in [3.05, 3.63) is 42.4 Å². The summed E-state index contributed by atoms with van der Waals surface area (Å²) in [5, 5.41) is 5.57.